The number of likely N-dealkylation sites (tertiary alicyclic amines) is 1. The molecule has 1 aliphatic rings. The Morgan fingerprint density at radius 2 is 1.33 bits per heavy atom. The first kappa shape index (κ1) is 22.2. The van der Waals surface area contributed by atoms with Gasteiger partial charge >= 0.3 is 0 Å². The summed E-state index contributed by atoms with van der Waals surface area (Å²) in [6, 6.07) is 21.7. The second kappa shape index (κ2) is 8.48. The van der Waals surface area contributed by atoms with Crippen LogP contribution in [0.1, 0.15) is 32.6 Å². The molecule has 0 bridgehead atoms. The highest BCUT2D eigenvalue weighted by atomic mass is 16.3. The Morgan fingerprint density at radius 3 is 1.88 bits per heavy atom. The van der Waals surface area contributed by atoms with Gasteiger partial charge in [0.05, 0.1) is 0 Å². The van der Waals surface area contributed by atoms with E-state index in [1.54, 1.807) is 66.7 Å². The summed E-state index contributed by atoms with van der Waals surface area (Å²) in [4.78, 5) is 40.6. The molecule has 3 aromatic carbocycles. The van der Waals surface area contributed by atoms with Gasteiger partial charge in [-0.15, -0.1) is 0 Å². The van der Waals surface area contributed by atoms with Gasteiger partial charge in [-0.05, 0) is 19.4 Å². The molecule has 3 aromatic rings. The number of aliphatic hydroxyl groups is 2. The number of carbonyl (C=O) groups excluding carboxylic acids is 3. The lowest BCUT2D eigenvalue weighted by atomic mass is 9.90. The summed E-state index contributed by atoms with van der Waals surface area (Å²) in [5, 5.41) is 22.8. The number of Topliss-reactive ketones (excluding diaryl/α,β-unsaturated/α-hetero) is 2. The van der Waals surface area contributed by atoms with Gasteiger partial charge in [0.1, 0.15) is 11.3 Å². The summed E-state index contributed by atoms with van der Waals surface area (Å²) in [5.74, 6) is -3.65. The molecule has 1 heterocycles. The lowest BCUT2D eigenvalue weighted by Gasteiger charge is -2.32. The van der Waals surface area contributed by atoms with Gasteiger partial charge in [0, 0.05) is 17.7 Å². The van der Waals surface area contributed by atoms with Crippen molar-refractivity contribution in [3.63, 3.8) is 0 Å². The van der Waals surface area contributed by atoms with Gasteiger partial charge in [0.25, 0.3) is 11.7 Å². The van der Waals surface area contributed by atoms with Gasteiger partial charge in [0.15, 0.2) is 0 Å². The zero-order chi connectivity index (χ0) is 23.8. The van der Waals surface area contributed by atoms with Gasteiger partial charge in [-0.2, -0.15) is 0 Å². The van der Waals surface area contributed by atoms with Crippen LogP contribution in [0, 0.1) is 13.8 Å². The Kier molecular flexibility index (Phi) is 5.70. The van der Waals surface area contributed by atoms with Crippen LogP contribution in [-0.4, -0.2) is 38.3 Å². The average Bonchev–Trinajstić information content (AvgIpc) is 3.01. The van der Waals surface area contributed by atoms with Crippen molar-refractivity contribution in [1.82, 2.24) is 4.90 Å². The lowest BCUT2D eigenvalue weighted by Crippen LogP contribution is -2.52. The second-order valence-corrected chi connectivity index (χ2v) is 8.16. The summed E-state index contributed by atoms with van der Waals surface area (Å²) in [6.45, 7) is 3.52. The van der Waals surface area contributed by atoms with Crippen molar-refractivity contribution in [2.24, 2.45) is 0 Å². The molecule has 0 saturated carbocycles. The van der Waals surface area contributed by atoms with Crippen molar-refractivity contribution in [2.75, 3.05) is 0 Å². The normalized spacial score (nSPS) is 19.7. The minimum Gasteiger partial charge on any atom is -0.507 e. The Bertz CT molecular complexity index is 1260. The maximum atomic E-state index is 13.6. The molecule has 6 heteroatoms. The standard InChI is InChI=1S/C27H23NO5/c1-17-8-12-20(13-9-17)23(29)22-24(30)26(32)28(16-19-6-4-3-5-7-19)27(22,33)25(31)21-14-10-18(2)11-15-21/h3-15,29,33H,16H2,1-2H3. The molecule has 1 atom stereocenters. The number of benzene rings is 3. The average molecular weight is 441 g/mol. The predicted molar refractivity (Wildman–Crippen MR) is 123 cm³/mol. The van der Waals surface area contributed by atoms with Crippen LogP contribution in [-0.2, 0) is 16.1 Å². The molecule has 1 aliphatic heterocycles. The molecular weight excluding hydrogens is 418 g/mol. The van der Waals surface area contributed by atoms with E-state index in [9.17, 15) is 24.6 Å². The molecule has 1 saturated heterocycles. The van der Waals surface area contributed by atoms with Gasteiger partial charge in [-0.3, -0.25) is 19.3 Å². The first-order valence-electron chi connectivity index (χ1n) is 10.5. The second-order valence-electron chi connectivity index (χ2n) is 8.16. The molecule has 0 radical (unpaired) electrons. The molecule has 1 amide bonds. The van der Waals surface area contributed by atoms with Gasteiger partial charge in [-0.1, -0.05) is 90.0 Å². The molecule has 0 aliphatic carbocycles. The van der Waals surface area contributed by atoms with E-state index in [1.165, 1.54) is 12.1 Å². The molecule has 4 rings (SSSR count). The van der Waals surface area contributed by atoms with Crippen LogP contribution < -0.4 is 0 Å². The number of aliphatic hydroxyl groups excluding tert-OH is 1. The van der Waals surface area contributed by atoms with Crippen LogP contribution in [0.2, 0.25) is 0 Å². The first-order chi connectivity index (χ1) is 15.7. The third-order valence-corrected chi connectivity index (χ3v) is 5.78. The Balaban J connectivity index is 1.92. The smallest absolute Gasteiger partial charge is 0.298 e. The van der Waals surface area contributed by atoms with Crippen LogP contribution in [0.25, 0.3) is 5.76 Å². The fourth-order valence-corrected chi connectivity index (χ4v) is 3.89. The quantitative estimate of drug-likeness (QED) is 0.272. The largest absolute Gasteiger partial charge is 0.507 e. The summed E-state index contributed by atoms with van der Waals surface area (Å²) >= 11 is 0. The number of carbonyl (C=O) groups is 3. The van der Waals surface area contributed by atoms with E-state index in [0.29, 0.717) is 5.56 Å². The van der Waals surface area contributed by atoms with Crippen molar-refractivity contribution in [2.45, 2.75) is 26.1 Å². The Labute approximate surface area is 191 Å². The molecule has 2 N–H and O–H groups in total. The highest BCUT2D eigenvalue weighted by Crippen LogP contribution is 2.39. The van der Waals surface area contributed by atoms with E-state index in [1.807, 2.05) is 13.8 Å². The minimum absolute atomic E-state index is 0.109. The number of hydrogen-bond acceptors (Lipinski definition) is 5. The number of amides is 1. The summed E-state index contributed by atoms with van der Waals surface area (Å²) < 4.78 is 0. The topological polar surface area (TPSA) is 94.9 Å². The molecule has 33 heavy (non-hydrogen) atoms. The van der Waals surface area contributed by atoms with Crippen molar-refractivity contribution >= 4 is 23.2 Å². The fraction of sp³-hybridized carbons (Fsp3) is 0.148. The lowest BCUT2D eigenvalue weighted by molar-refractivity contribution is -0.145. The fourth-order valence-electron chi connectivity index (χ4n) is 3.89. The SMILES string of the molecule is Cc1ccc(C(=O)C2(O)C(=C(O)c3ccc(C)cc3)C(=O)C(=O)N2Cc2ccccc2)cc1. The van der Waals surface area contributed by atoms with E-state index < -0.39 is 34.5 Å². The third-order valence-electron chi connectivity index (χ3n) is 5.78. The van der Waals surface area contributed by atoms with Crippen molar-refractivity contribution < 1.29 is 24.6 Å². The molecule has 6 nitrogen and oxygen atoms in total. The first-order valence-corrected chi connectivity index (χ1v) is 10.5. The minimum atomic E-state index is -2.67. The summed E-state index contributed by atoms with van der Waals surface area (Å²) in [6.07, 6.45) is 0. The highest BCUT2D eigenvalue weighted by Gasteiger charge is 2.60. The van der Waals surface area contributed by atoms with Crippen LogP contribution in [0.5, 0.6) is 0 Å². The van der Waals surface area contributed by atoms with E-state index in [2.05, 4.69) is 0 Å². The predicted octanol–water partition coefficient (Wildman–Crippen LogP) is 3.76. The molecule has 166 valence electrons. The van der Waals surface area contributed by atoms with E-state index >= 15 is 0 Å². The molecular formula is C27H23NO5. The highest BCUT2D eigenvalue weighted by molar-refractivity contribution is 6.49. The molecule has 1 unspecified atom stereocenters. The number of ketones is 2. The van der Waals surface area contributed by atoms with Crippen LogP contribution in [0.3, 0.4) is 0 Å². The Hall–Kier alpha value is -4.03. The summed E-state index contributed by atoms with van der Waals surface area (Å²) in [7, 11) is 0. The van der Waals surface area contributed by atoms with Gasteiger partial charge < -0.3 is 10.2 Å². The van der Waals surface area contributed by atoms with E-state index in [0.717, 1.165) is 16.0 Å². The maximum absolute atomic E-state index is 13.6. The van der Waals surface area contributed by atoms with Crippen LogP contribution in [0.4, 0.5) is 0 Å². The van der Waals surface area contributed by atoms with Gasteiger partial charge in [-0.25, -0.2) is 0 Å². The van der Waals surface area contributed by atoms with Crippen molar-refractivity contribution in [1.29, 1.82) is 0 Å². The Morgan fingerprint density at radius 1 is 0.818 bits per heavy atom. The number of aryl methyl sites for hydroxylation is 2. The molecule has 0 aromatic heterocycles. The zero-order valence-electron chi connectivity index (χ0n) is 18.3. The number of nitrogens with zero attached hydrogens (tertiary/aromatic N) is 1. The number of rotatable bonds is 5. The van der Waals surface area contributed by atoms with Gasteiger partial charge in [0.2, 0.25) is 11.5 Å². The maximum Gasteiger partial charge on any atom is 0.298 e. The van der Waals surface area contributed by atoms with Crippen LogP contribution in [0.15, 0.2) is 84.4 Å². The van der Waals surface area contributed by atoms with Crippen molar-refractivity contribution in [3.8, 4) is 0 Å². The monoisotopic (exact) mass is 441 g/mol. The summed E-state index contributed by atoms with van der Waals surface area (Å²) in [5.41, 5.74) is -0.554. The van der Waals surface area contributed by atoms with Crippen LogP contribution >= 0.6 is 0 Å². The molecule has 0 spiro atoms. The van der Waals surface area contributed by atoms with E-state index in [-0.39, 0.29) is 17.7 Å². The molecule has 1 fully saturated rings. The third kappa shape index (κ3) is 3.85. The van der Waals surface area contributed by atoms with Crippen molar-refractivity contribution in [3.05, 3.63) is 112 Å². The van der Waals surface area contributed by atoms with E-state index in [4.69, 9.17) is 0 Å². The zero-order valence-corrected chi connectivity index (χ0v) is 18.3. The number of hydrogen-bond donors (Lipinski definition) is 2.